The van der Waals surface area contributed by atoms with Crippen LogP contribution in [0.4, 0.5) is 0 Å². The number of likely N-dealkylation sites (N-methyl/N-ethyl adjacent to an activating group) is 1. The summed E-state index contributed by atoms with van der Waals surface area (Å²) in [6.07, 6.45) is 0.315. The molecule has 1 heterocycles. The van der Waals surface area contributed by atoms with Crippen molar-refractivity contribution in [3.63, 3.8) is 0 Å². The van der Waals surface area contributed by atoms with E-state index in [0.717, 1.165) is 28.3 Å². The zero-order valence-electron chi connectivity index (χ0n) is 18.4. The maximum absolute atomic E-state index is 12.6. The van der Waals surface area contributed by atoms with Crippen LogP contribution in [0.15, 0.2) is 48.5 Å². The number of carbonyl (C=O) groups excluding carboxylic acids is 1. The van der Waals surface area contributed by atoms with E-state index in [2.05, 4.69) is 26.5 Å². The fourth-order valence-corrected chi connectivity index (χ4v) is 3.69. The number of hydrogen-bond acceptors (Lipinski definition) is 5. The summed E-state index contributed by atoms with van der Waals surface area (Å²) < 4.78 is 7.61. The molecule has 0 fully saturated rings. The minimum atomic E-state index is -0.0290. The Hall–Kier alpha value is -2.97. The van der Waals surface area contributed by atoms with E-state index in [9.17, 15) is 4.79 Å². The molecule has 1 aromatic heterocycles. The van der Waals surface area contributed by atoms with E-state index in [4.69, 9.17) is 17.0 Å². The van der Waals surface area contributed by atoms with Crippen LogP contribution in [0.1, 0.15) is 23.6 Å². The van der Waals surface area contributed by atoms with Crippen molar-refractivity contribution in [3.8, 4) is 17.1 Å². The summed E-state index contributed by atoms with van der Waals surface area (Å²) in [7, 11) is 5.65. The molecule has 164 valence electrons. The molecule has 0 aliphatic heterocycles. The summed E-state index contributed by atoms with van der Waals surface area (Å²) in [4.78, 5) is 14.7. The number of H-pyrrole nitrogens is 1. The molecule has 7 nitrogen and oxygen atoms in total. The van der Waals surface area contributed by atoms with Crippen LogP contribution in [0, 0.1) is 11.7 Å². The van der Waals surface area contributed by atoms with Crippen molar-refractivity contribution in [2.75, 3.05) is 27.7 Å². The van der Waals surface area contributed by atoms with Gasteiger partial charge in [0.05, 0.1) is 13.2 Å². The SMILES string of the molecule is COc1ccc(C(CNC(=O)CCn2c(-c3cccc(C)c3)n[nH]c2=S)N(C)C)cc1. The third-order valence-corrected chi connectivity index (χ3v) is 5.53. The number of hydrogen-bond donors (Lipinski definition) is 2. The molecule has 1 atom stereocenters. The Labute approximate surface area is 188 Å². The third kappa shape index (κ3) is 5.80. The number of nitrogens with zero attached hydrogens (tertiary/aromatic N) is 3. The van der Waals surface area contributed by atoms with Gasteiger partial charge in [0.1, 0.15) is 5.75 Å². The largest absolute Gasteiger partial charge is 0.497 e. The van der Waals surface area contributed by atoms with Crippen molar-refractivity contribution in [3.05, 3.63) is 64.4 Å². The van der Waals surface area contributed by atoms with Crippen LogP contribution in [0.5, 0.6) is 5.75 Å². The predicted octanol–water partition coefficient (Wildman–Crippen LogP) is 3.73. The predicted molar refractivity (Wildman–Crippen MR) is 125 cm³/mol. The number of carbonyl (C=O) groups is 1. The summed E-state index contributed by atoms with van der Waals surface area (Å²) in [5, 5.41) is 10.2. The lowest BCUT2D eigenvalue weighted by Crippen LogP contribution is -2.34. The molecule has 0 aliphatic rings. The smallest absolute Gasteiger partial charge is 0.221 e. The lowest BCUT2D eigenvalue weighted by Gasteiger charge is -2.25. The van der Waals surface area contributed by atoms with Gasteiger partial charge in [0.15, 0.2) is 10.6 Å². The number of benzene rings is 2. The number of aryl methyl sites for hydroxylation is 1. The Bertz CT molecular complexity index is 1070. The first kappa shape index (κ1) is 22.7. The maximum atomic E-state index is 12.6. The second-order valence-electron chi connectivity index (χ2n) is 7.68. The average molecular weight is 440 g/mol. The van der Waals surface area contributed by atoms with Crippen LogP contribution in [0.25, 0.3) is 11.4 Å². The van der Waals surface area contributed by atoms with Crippen LogP contribution in [-0.2, 0) is 11.3 Å². The molecule has 3 aromatic rings. The van der Waals surface area contributed by atoms with E-state index in [-0.39, 0.29) is 11.9 Å². The molecule has 2 aromatic carbocycles. The molecule has 1 unspecified atom stereocenters. The zero-order chi connectivity index (χ0) is 22.4. The van der Waals surface area contributed by atoms with Crippen LogP contribution < -0.4 is 10.1 Å². The summed E-state index contributed by atoms with van der Waals surface area (Å²) in [6.45, 7) is 3.01. The molecule has 0 aliphatic carbocycles. The Kier molecular flexibility index (Phi) is 7.59. The average Bonchev–Trinajstić information content (AvgIpc) is 3.13. The maximum Gasteiger partial charge on any atom is 0.221 e. The molecule has 1 amide bonds. The second-order valence-corrected chi connectivity index (χ2v) is 8.07. The topological polar surface area (TPSA) is 75.2 Å². The Morgan fingerprint density at radius 3 is 2.65 bits per heavy atom. The number of aromatic amines is 1. The Morgan fingerprint density at radius 1 is 1.26 bits per heavy atom. The fourth-order valence-electron chi connectivity index (χ4n) is 3.47. The minimum absolute atomic E-state index is 0.0290. The first-order chi connectivity index (χ1) is 14.9. The number of rotatable bonds is 9. The van der Waals surface area contributed by atoms with Crippen LogP contribution in [-0.4, -0.2) is 53.3 Å². The van der Waals surface area contributed by atoms with Gasteiger partial charge in [0.25, 0.3) is 0 Å². The van der Waals surface area contributed by atoms with Gasteiger partial charge in [0, 0.05) is 25.1 Å². The van der Waals surface area contributed by atoms with Crippen LogP contribution in [0.2, 0.25) is 0 Å². The lowest BCUT2D eigenvalue weighted by atomic mass is 10.1. The molecule has 2 N–H and O–H groups in total. The number of methoxy groups -OCH3 is 1. The van der Waals surface area contributed by atoms with Gasteiger partial charge in [-0.05, 0) is 57.0 Å². The molecule has 8 heteroatoms. The van der Waals surface area contributed by atoms with Crippen molar-refractivity contribution < 1.29 is 9.53 Å². The highest BCUT2D eigenvalue weighted by molar-refractivity contribution is 7.71. The van der Waals surface area contributed by atoms with Gasteiger partial charge in [-0.2, -0.15) is 5.10 Å². The van der Waals surface area contributed by atoms with E-state index >= 15 is 0 Å². The lowest BCUT2D eigenvalue weighted by molar-refractivity contribution is -0.121. The molecule has 0 saturated carbocycles. The second kappa shape index (κ2) is 10.4. The molecular weight excluding hydrogens is 410 g/mol. The summed E-state index contributed by atoms with van der Waals surface area (Å²) in [5.41, 5.74) is 3.23. The van der Waals surface area contributed by atoms with Gasteiger partial charge in [-0.3, -0.25) is 14.5 Å². The number of nitrogens with one attached hydrogen (secondary N) is 2. The van der Waals surface area contributed by atoms with Gasteiger partial charge < -0.3 is 15.0 Å². The first-order valence-electron chi connectivity index (χ1n) is 10.2. The molecule has 0 spiro atoms. The summed E-state index contributed by atoms with van der Waals surface area (Å²) in [6, 6.07) is 16.0. The number of amides is 1. The van der Waals surface area contributed by atoms with E-state index in [1.165, 1.54) is 0 Å². The van der Waals surface area contributed by atoms with Gasteiger partial charge in [-0.25, -0.2) is 0 Å². The molecule has 0 radical (unpaired) electrons. The highest BCUT2D eigenvalue weighted by Gasteiger charge is 2.16. The van der Waals surface area contributed by atoms with Crippen molar-refractivity contribution in [1.29, 1.82) is 0 Å². The molecular formula is C23H29N5O2S. The van der Waals surface area contributed by atoms with E-state index in [0.29, 0.717) is 24.3 Å². The fraction of sp³-hybridized carbons (Fsp3) is 0.348. The minimum Gasteiger partial charge on any atom is -0.497 e. The van der Waals surface area contributed by atoms with Crippen LogP contribution in [0.3, 0.4) is 0 Å². The highest BCUT2D eigenvalue weighted by atomic mass is 32.1. The van der Waals surface area contributed by atoms with E-state index in [1.807, 2.05) is 68.1 Å². The van der Waals surface area contributed by atoms with Crippen LogP contribution >= 0.6 is 12.2 Å². The van der Waals surface area contributed by atoms with Crippen molar-refractivity contribution >= 4 is 18.1 Å². The van der Waals surface area contributed by atoms with Crippen molar-refractivity contribution in [1.82, 2.24) is 25.0 Å². The normalized spacial score (nSPS) is 12.0. The van der Waals surface area contributed by atoms with Crippen molar-refractivity contribution in [2.45, 2.75) is 25.9 Å². The van der Waals surface area contributed by atoms with E-state index in [1.54, 1.807) is 7.11 Å². The molecule has 31 heavy (non-hydrogen) atoms. The van der Waals surface area contributed by atoms with Gasteiger partial charge in [-0.1, -0.05) is 35.9 Å². The summed E-state index contributed by atoms with van der Waals surface area (Å²) in [5.74, 6) is 1.52. The zero-order valence-corrected chi connectivity index (χ0v) is 19.2. The number of ether oxygens (including phenoxy) is 1. The Balaban J connectivity index is 1.62. The molecule has 0 saturated heterocycles. The van der Waals surface area contributed by atoms with Gasteiger partial charge in [-0.15, -0.1) is 0 Å². The summed E-state index contributed by atoms with van der Waals surface area (Å²) >= 11 is 5.38. The van der Waals surface area contributed by atoms with Gasteiger partial charge >= 0.3 is 0 Å². The molecule has 3 rings (SSSR count). The quantitative estimate of drug-likeness (QED) is 0.497. The molecule has 0 bridgehead atoms. The highest BCUT2D eigenvalue weighted by Crippen LogP contribution is 2.21. The van der Waals surface area contributed by atoms with E-state index < -0.39 is 0 Å². The third-order valence-electron chi connectivity index (χ3n) is 5.21. The monoisotopic (exact) mass is 439 g/mol. The standard InChI is InChI=1S/C23H29N5O2S/c1-16-6-5-7-18(14-16)22-25-26-23(31)28(22)13-12-21(29)24-15-20(27(2)3)17-8-10-19(30-4)11-9-17/h5-11,14,20H,12-13,15H2,1-4H3,(H,24,29)(H,26,31). The first-order valence-corrected chi connectivity index (χ1v) is 10.6. The Morgan fingerprint density at radius 2 is 2.00 bits per heavy atom. The number of aromatic nitrogens is 3. The van der Waals surface area contributed by atoms with Crippen molar-refractivity contribution in [2.24, 2.45) is 0 Å². The van der Waals surface area contributed by atoms with Gasteiger partial charge in [0.2, 0.25) is 5.91 Å².